The van der Waals surface area contributed by atoms with Crippen molar-refractivity contribution < 1.29 is 26.7 Å². The van der Waals surface area contributed by atoms with Crippen LogP contribution in [0.25, 0.3) is 5.82 Å². The summed E-state index contributed by atoms with van der Waals surface area (Å²) in [7, 11) is 0. The van der Waals surface area contributed by atoms with Crippen LogP contribution in [0, 0.1) is 13.8 Å². The molecular weight excluding hydrogens is 333 g/mol. The Balaban J connectivity index is 2.17. The summed E-state index contributed by atoms with van der Waals surface area (Å²) in [5.41, 5.74) is 0.133. The van der Waals surface area contributed by atoms with Crippen molar-refractivity contribution in [3.8, 4) is 5.82 Å². The van der Waals surface area contributed by atoms with E-state index < -0.39 is 17.8 Å². The lowest BCUT2D eigenvalue weighted by Gasteiger charge is -2.17. The van der Waals surface area contributed by atoms with Gasteiger partial charge in [-0.3, -0.25) is 0 Å². The van der Waals surface area contributed by atoms with E-state index in [9.17, 15) is 22.0 Å². The number of hydrogen-bond donors (Lipinski definition) is 0. The maximum atomic E-state index is 13.7. The molecule has 0 aromatic carbocycles. The van der Waals surface area contributed by atoms with Gasteiger partial charge in [0.15, 0.2) is 0 Å². The maximum Gasteiger partial charge on any atom is 0.459 e. The number of ether oxygens (including phenoxy) is 1. The van der Waals surface area contributed by atoms with Crippen molar-refractivity contribution >= 4 is 0 Å². The van der Waals surface area contributed by atoms with Crippen LogP contribution >= 0.6 is 0 Å². The number of aromatic nitrogens is 3. The lowest BCUT2D eigenvalue weighted by Crippen LogP contribution is -2.34. The van der Waals surface area contributed by atoms with E-state index in [0.717, 1.165) is 17.5 Å². The minimum atomic E-state index is -5.70. The van der Waals surface area contributed by atoms with E-state index in [4.69, 9.17) is 4.74 Å². The number of nitrogens with zero attached hydrogens (tertiary/aromatic N) is 3. The molecule has 0 aliphatic carbocycles. The van der Waals surface area contributed by atoms with Crippen molar-refractivity contribution in [2.75, 3.05) is 13.2 Å². The SMILES string of the molecule is Cc1ccc(C)n1-c1cc(C(F)(F)C(F)(F)F)nn1[C@@H]1CCOC1. The van der Waals surface area contributed by atoms with Gasteiger partial charge in [-0.2, -0.15) is 27.1 Å². The van der Waals surface area contributed by atoms with Gasteiger partial charge < -0.3 is 9.30 Å². The summed E-state index contributed by atoms with van der Waals surface area (Å²) in [6.45, 7) is 4.14. The third-order valence-electron chi connectivity index (χ3n) is 4.15. The normalized spacial score (nSPS) is 19.2. The third-order valence-corrected chi connectivity index (χ3v) is 4.15. The second-order valence-electron chi connectivity index (χ2n) is 5.87. The fourth-order valence-corrected chi connectivity index (χ4v) is 2.86. The first-order valence-corrected chi connectivity index (χ1v) is 7.40. The predicted octanol–water partition coefficient (Wildman–Crippen LogP) is 3.91. The fraction of sp³-hybridized carbons (Fsp3) is 0.533. The van der Waals surface area contributed by atoms with Gasteiger partial charge in [-0.1, -0.05) is 0 Å². The summed E-state index contributed by atoms with van der Waals surface area (Å²) >= 11 is 0. The van der Waals surface area contributed by atoms with Crippen LogP contribution in [0.5, 0.6) is 0 Å². The molecule has 0 bridgehead atoms. The molecule has 1 saturated heterocycles. The van der Waals surface area contributed by atoms with E-state index in [1.165, 1.54) is 4.68 Å². The largest absolute Gasteiger partial charge is 0.459 e. The van der Waals surface area contributed by atoms with E-state index in [1.54, 1.807) is 30.5 Å². The van der Waals surface area contributed by atoms with Gasteiger partial charge in [-0.05, 0) is 32.4 Å². The highest BCUT2D eigenvalue weighted by Gasteiger charge is 2.60. The molecule has 3 heterocycles. The summed E-state index contributed by atoms with van der Waals surface area (Å²) in [6.07, 6.45) is -5.19. The number of alkyl halides is 5. The zero-order valence-corrected chi connectivity index (χ0v) is 13.1. The Hall–Kier alpha value is -1.90. The quantitative estimate of drug-likeness (QED) is 0.787. The molecule has 0 spiro atoms. The van der Waals surface area contributed by atoms with Crippen molar-refractivity contribution in [3.05, 3.63) is 35.3 Å². The Kier molecular flexibility index (Phi) is 3.94. The molecule has 1 atom stereocenters. The summed E-state index contributed by atoms with van der Waals surface area (Å²) in [4.78, 5) is 0. The van der Waals surface area contributed by atoms with Gasteiger partial charge in [-0.15, -0.1) is 0 Å². The lowest BCUT2D eigenvalue weighted by atomic mass is 10.2. The predicted molar refractivity (Wildman–Crippen MR) is 75.5 cm³/mol. The van der Waals surface area contributed by atoms with E-state index in [2.05, 4.69) is 5.10 Å². The van der Waals surface area contributed by atoms with Crippen molar-refractivity contribution in [2.45, 2.75) is 38.4 Å². The zero-order chi connectivity index (χ0) is 17.7. The average Bonchev–Trinajstić information content (AvgIpc) is 3.17. The number of hydrogen-bond acceptors (Lipinski definition) is 2. The molecule has 2 aromatic rings. The van der Waals surface area contributed by atoms with Gasteiger partial charge in [-0.25, -0.2) is 4.68 Å². The first-order valence-electron chi connectivity index (χ1n) is 7.40. The fourth-order valence-electron chi connectivity index (χ4n) is 2.86. The zero-order valence-electron chi connectivity index (χ0n) is 13.1. The molecule has 1 fully saturated rings. The Morgan fingerprint density at radius 2 is 1.75 bits per heavy atom. The van der Waals surface area contributed by atoms with E-state index in [1.807, 2.05) is 0 Å². The van der Waals surface area contributed by atoms with Crippen molar-refractivity contribution in [1.82, 2.24) is 14.3 Å². The second kappa shape index (κ2) is 5.58. The van der Waals surface area contributed by atoms with E-state index in [0.29, 0.717) is 13.0 Å². The van der Waals surface area contributed by atoms with Crippen LogP contribution in [-0.2, 0) is 10.7 Å². The van der Waals surface area contributed by atoms with Crippen LogP contribution in [0.4, 0.5) is 22.0 Å². The van der Waals surface area contributed by atoms with Crippen LogP contribution in [0.1, 0.15) is 29.5 Å². The smallest absolute Gasteiger partial charge is 0.379 e. The second-order valence-corrected chi connectivity index (χ2v) is 5.87. The van der Waals surface area contributed by atoms with Crippen LogP contribution in [-0.4, -0.2) is 33.7 Å². The van der Waals surface area contributed by atoms with Crippen molar-refractivity contribution in [3.63, 3.8) is 0 Å². The van der Waals surface area contributed by atoms with Crippen molar-refractivity contribution in [2.24, 2.45) is 0 Å². The Morgan fingerprint density at radius 3 is 2.25 bits per heavy atom. The molecule has 132 valence electrons. The molecule has 2 aromatic heterocycles. The minimum Gasteiger partial charge on any atom is -0.379 e. The summed E-state index contributed by atoms with van der Waals surface area (Å²) in [5.74, 6) is -4.83. The molecule has 1 aliphatic heterocycles. The first-order chi connectivity index (χ1) is 11.1. The summed E-state index contributed by atoms with van der Waals surface area (Å²) in [6, 6.07) is 3.96. The molecule has 0 N–H and O–H groups in total. The molecule has 24 heavy (non-hydrogen) atoms. The Labute approximate surface area is 134 Å². The molecule has 3 rings (SSSR count). The minimum absolute atomic E-state index is 0.185. The first kappa shape index (κ1) is 16.9. The van der Waals surface area contributed by atoms with Crippen LogP contribution < -0.4 is 0 Å². The van der Waals surface area contributed by atoms with E-state index >= 15 is 0 Å². The molecule has 0 amide bonds. The van der Waals surface area contributed by atoms with Crippen molar-refractivity contribution in [1.29, 1.82) is 0 Å². The Morgan fingerprint density at radius 1 is 1.12 bits per heavy atom. The van der Waals surface area contributed by atoms with Gasteiger partial charge in [0.25, 0.3) is 0 Å². The monoisotopic (exact) mass is 349 g/mol. The summed E-state index contributed by atoms with van der Waals surface area (Å²) < 4.78 is 73.7. The van der Waals surface area contributed by atoms with Gasteiger partial charge in [0, 0.05) is 24.1 Å². The average molecular weight is 349 g/mol. The van der Waals surface area contributed by atoms with Crippen LogP contribution in [0.15, 0.2) is 18.2 Å². The molecule has 4 nitrogen and oxygen atoms in total. The topological polar surface area (TPSA) is 32.0 Å². The highest BCUT2D eigenvalue weighted by Crippen LogP contribution is 2.44. The number of aryl methyl sites for hydroxylation is 2. The molecule has 0 radical (unpaired) electrons. The van der Waals surface area contributed by atoms with Gasteiger partial charge in [0.1, 0.15) is 11.5 Å². The number of rotatable bonds is 3. The number of halogens is 5. The third kappa shape index (κ3) is 2.60. The summed E-state index contributed by atoms with van der Waals surface area (Å²) in [5, 5.41) is 3.61. The molecular formula is C15H16F5N3O. The molecule has 0 unspecified atom stereocenters. The molecule has 0 saturated carbocycles. The maximum absolute atomic E-state index is 13.7. The van der Waals surface area contributed by atoms with Crippen LogP contribution in [0.3, 0.4) is 0 Å². The van der Waals surface area contributed by atoms with Gasteiger partial charge in [0.2, 0.25) is 0 Å². The molecule has 9 heteroatoms. The highest BCUT2D eigenvalue weighted by atomic mass is 19.4. The lowest BCUT2D eigenvalue weighted by molar-refractivity contribution is -0.291. The Bertz CT molecular complexity index is 721. The van der Waals surface area contributed by atoms with Gasteiger partial charge >= 0.3 is 12.1 Å². The highest BCUT2D eigenvalue weighted by molar-refractivity contribution is 5.35. The van der Waals surface area contributed by atoms with Crippen LogP contribution in [0.2, 0.25) is 0 Å². The van der Waals surface area contributed by atoms with E-state index in [-0.39, 0.29) is 18.5 Å². The molecule has 1 aliphatic rings. The standard InChI is InChI=1S/C15H16F5N3O/c1-9-3-4-10(2)22(9)13-7-12(14(16,17)15(18,19)20)21-23(13)11-5-6-24-8-11/h3-4,7,11H,5-6,8H2,1-2H3/t11-/m1/s1. The van der Waals surface area contributed by atoms with Gasteiger partial charge in [0.05, 0.1) is 12.6 Å².